The first kappa shape index (κ1) is 23.0. The number of nitrogens with zero attached hydrogens (tertiary/aromatic N) is 3. The Labute approximate surface area is 201 Å². The summed E-state index contributed by atoms with van der Waals surface area (Å²) in [5.74, 6) is 2.29. The van der Waals surface area contributed by atoms with Crippen LogP contribution in [0.15, 0.2) is 18.2 Å². The normalized spacial score (nSPS) is 28.7. The molecule has 184 valence electrons. The van der Waals surface area contributed by atoms with Crippen LogP contribution >= 0.6 is 0 Å². The van der Waals surface area contributed by atoms with Gasteiger partial charge in [0.1, 0.15) is 0 Å². The molecule has 0 spiro atoms. The third kappa shape index (κ3) is 4.34. The van der Waals surface area contributed by atoms with Crippen molar-refractivity contribution in [2.45, 2.75) is 44.6 Å². The molecule has 2 bridgehead atoms. The molecule has 1 aromatic carbocycles. The van der Waals surface area contributed by atoms with Crippen molar-refractivity contribution in [2.75, 3.05) is 46.9 Å². The number of piperidine rings is 3. The van der Waals surface area contributed by atoms with Crippen molar-refractivity contribution in [3.63, 3.8) is 0 Å². The number of fused-ring (bicyclic) bond motifs is 4. The topological polar surface area (TPSA) is 79.4 Å². The van der Waals surface area contributed by atoms with Crippen molar-refractivity contribution in [1.82, 2.24) is 14.7 Å². The van der Waals surface area contributed by atoms with Crippen LogP contribution in [0.25, 0.3) is 0 Å². The molecular weight excluding hydrogens is 434 g/mol. The summed E-state index contributed by atoms with van der Waals surface area (Å²) < 4.78 is 10.7. The fourth-order valence-corrected chi connectivity index (χ4v) is 6.50. The van der Waals surface area contributed by atoms with Crippen molar-refractivity contribution in [3.8, 4) is 11.5 Å². The second-order valence-electron chi connectivity index (χ2n) is 10.3. The van der Waals surface area contributed by atoms with Crippen LogP contribution in [0, 0.1) is 17.8 Å². The van der Waals surface area contributed by atoms with Gasteiger partial charge in [0.05, 0.1) is 20.1 Å². The molecule has 4 saturated heterocycles. The highest BCUT2D eigenvalue weighted by molar-refractivity contribution is 5.89. The van der Waals surface area contributed by atoms with Gasteiger partial charge in [-0.15, -0.1) is 0 Å². The van der Waals surface area contributed by atoms with Gasteiger partial charge < -0.3 is 24.2 Å². The molecule has 0 N–H and O–H groups in total. The van der Waals surface area contributed by atoms with Gasteiger partial charge in [-0.2, -0.15) is 0 Å². The maximum Gasteiger partial charge on any atom is 0.228 e. The van der Waals surface area contributed by atoms with Gasteiger partial charge in [0.2, 0.25) is 17.7 Å². The Kier molecular flexibility index (Phi) is 6.40. The van der Waals surface area contributed by atoms with E-state index in [0.717, 1.165) is 37.9 Å². The Balaban J connectivity index is 1.18. The highest BCUT2D eigenvalue weighted by atomic mass is 16.5. The number of rotatable bonds is 6. The van der Waals surface area contributed by atoms with Gasteiger partial charge in [-0.05, 0) is 55.2 Å². The maximum absolute atomic E-state index is 13.4. The smallest absolute Gasteiger partial charge is 0.228 e. The van der Waals surface area contributed by atoms with Crippen molar-refractivity contribution in [3.05, 3.63) is 23.8 Å². The van der Waals surface area contributed by atoms with Gasteiger partial charge in [0.25, 0.3) is 0 Å². The number of methoxy groups -OCH3 is 2. The molecule has 4 atom stereocenters. The Morgan fingerprint density at radius 2 is 1.85 bits per heavy atom. The molecule has 1 aromatic rings. The van der Waals surface area contributed by atoms with E-state index in [1.165, 1.54) is 0 Å². The highest BCUT2D eigenvalue weighted by Crippen LogP contribution is 2.38. The standard InChI is InChI=1S/C26H35N3O5/c1-33-22-7-6-17(11-23(22)34-2)8-9-27-16-20(12-25(27)31)26(32)28-13-18-10-19(15-28)21-4-3-5-24(30)29(21)14-18/h6-7,11,18-21H,3-5,8-10,12-16H2,1-2H3. The third-order valence-electron chi connectivity index (χ3n) is 8.17. The molecule has 0 aliphatic carbocycles. The Morgan fingerprint density at radius 3 is 2.65 bits per heavy atom. The van der Waals surface area contributed by atoms with Gasteiger partial charge in [-0.1, -0.05) is 6.07 Å². The molecule has 0 radical (unpaired) electrons. The first-order chi connectivity index (χ1) is 16.5. The summed E-state index contributed by atoms with van der Waals surface area (Å²) in [6.45, 7) is 3.29. The molecule has 8 nitrogen and oxygen atoms in total. The van der Waals surface area contributed by atoms with Crippen LogP contribution < -0.4 is 9.47 Å². The minimum absolute atomic E-state index is 0.0556. The van der Waals surface area contributed by atoms with Crippen LogP contribution in [0.4, 0.5) is 0 Å². The second-order valence-corrected chi connectivity index (χ2v) is 10.3. The molecule has 0 saturated carbocycles. The highest BCUT2D eigenvalue weighted by Gasteiger charge is 2.46. The average Bonchev–Trinajstić information content (AvgIpc) is 3.23. The minimum atomic E-state index is -0.263. The summed E-state index contributed by atoms with van der Waals surface area (Å²) in [5, 5.41) is 0. The number of amides is 3. The monoisotopic (exact) mass is 469 g/mol. The number of carbonyl (C=O) groups excluding carboxylic acids is 3. The number of benzene rings is 1. The lowest BCUT2D eigenvalue weighted by atomic mass is 9.75. The van der Waals surface area contributed by atoms with E-state index in [1.807, 2.05) is 28.0 Å². The summed E-state index contributed by atoms with van der Waals surface area (Å²) in [4.78, 5) is 44.4. The van der Waals surface area contributed by atoms with E-state index < -0.39 is 0 Å². The lowest BCUT2D eigenvalue weighted by Crippen LogP contribution is -2.61. The molecular formula is C26H35N3O5. The van der Waals surface area contributed by atoms with E-state index in [9.17, 15) is 14.4 Å². The molecule has 4 aliphatic heterocycles. The number of ether oxygens (including phenoxy) is 2. The zero-order chi connectivity index (χ0) is 23.8. The molecule has 3 amide bonds. The van der Waals surface area contributed by atoms with Gasteiger partial charge in [-0.25, -0.2) is 0 Å². The molecule has 5 rings (SSSR count). The van der Waals surface area contributed by atoms with Crippen LogP contribution in [0.1, 0.15) is 37.7 Å². The van der Waals surface area contributed by atoms with Gasteiger partial charge in [0, 0.05) is 51.6 Å². The lowest BCUT2D eigenvalue weighted by molar-refractivity contribution is -0.150. The van der Waals surface area contributed by atoms with Crippen LogP contribution in [-0.2, 0) is 20.8 Å². The zero-order valence-corrected chi connectivity index (χ0v) is 20.2. The van der Waals surface area contributed by atoms with E-state index in [-0.39, 0.29) is 29.7 Å². The molecule has 8 heteroatoms. The third-order valence-corrected chi connectivity index (χ3v) is 8.17. The van der Waals surface area contributed by atoms with Crippen LogP contribution in [-0.4, -0.2) is 85.4 Å². The average molecular weight is 470 g/mol. The van der Waals surface area contributed by atoms with Crippen LogP contribution in [0.3, 0.4) is 0 Å². The summed E-state index contributed by atoms with van der Waals surface area (Å²) in [6.07, 6.45) is 4.79. The number of hydrogen-bond donors (Lipinski definition) is 0. The Morgan fingerprint density at radius 1 is 1.03 bits per heavy atom. The predicted molar refractivity (Wildman–Crippen MR) is 125 cm³/mol. The van der Waals surface area contributed by atoms with Gasteiger partial charge >= 0.3 is 0 Å². The molecule has 4 heterocycles. The number of likely N-dealkylation sites (tertiary alicyclic amines) is 2. The van der Waals surface area contributed by atoms with E-state index in [1.54, 1.807) is 14.2 Å². The minimum Gasteiger partial charge on any atom is -0.493 e. The van der Waals surface area contributed by atoms with E-state index in [0.29, 0.717) is 62.2 Å². The van der Waals surface area contributed by atoms with E-state index in [4.69, 9.17) is 9.47 Å². The maximum atomic E-state index is 13.4. The summed E-state index contributed by atoms with van der Waals surface area (Å²) >= 11 is 0. The molecule has 4 aliphatic rings. The lowest BCUT2D eigenvalue weighted by Gasteiger charge is -2.52. The SMILES string of the molecule is COc1ccc(CCN2CC(C(=O)N3CC4CC(C3)C3CCCC(=O)N3C4)CC2=O)cc1OC. The van der Waals surface area contributed by atoms with Crippen molar-refractivity contribution >= 4 is 17.7 Å². The number of hydrogen-bond acceptors (Lipinski definition) is 5. The van der Waals surface area contributed by atoms with Crippen molar-refractivity contribution < 1.29 is 23.9 Å². The zero-order valence-electron chi connectivity index (χ0n) is 20.2. The molecule has 34 heavy (non-hydrogen) atoms. The summed E-state index contributed by atoms with van der Waals surface area (Å²) in [7, 11) is 3.22. The van der Waals surface area contributed by atoms with Crippen molar-refractivity contribution in [2.24, 2.45) is 17.8 Å². The Hall–Kier alpha value is -2.77. The molecule has 4 fully saturated rings. The first-order valence-corrected chi connectivity index (χ1v) is 12.5. The second kappa shape index (κ2) is 9.47. The van der Waals surface area contributed by atoms with E-state index >= 15 is 0 Å². The van der Waals surface area contributed by atoms with Crippen LogP contribution in [0.5, 0.6) is 11.5 Å². The molecule has 4 unspecified atom stereocenters. The fourth-order valence-electron chi connectivity index (χ4n) is 6.50. The number of carbonyl (C=O) groups is 3. The van der Waals surface area contributed by atoms with Gasteiger partial charge in [0.15, 0.2) is 11.5 Å². The van der Waals surface area contributed by atoms with Gasteiger partial charge in [-0.3, -0.25) is 14.4 Å². The van der Waals surface area contributed by atoms with Crippen LogP contribution in [0.2, 0.25) is 0 Å². The van der Waals surface area contributed by atoms with Crippen molar-refractivity contribution in [1.29, 1.82) is 0 Å². The predicted octanol–water partition coefficient (Wildman–Crippen LogP) is 1.95. The fraction of sp³-hybridized carbons (Fsp3) is 0.654. The quantitative estimate of drug-likeness (QED) is 0.636. The first-order valence-electron chi connectivity index (χ1n) is 12.5. The summed E-state index contributed by atoms with van der Waals surface area (Å²) in [5.41, 5.74) is 1.07. The molecule has 0 aromatic heterocycles. The summed E-state index contributed by atoms with van der Waals surface area (Å²) in [6, 6.07) is 6.08. The van der Waals surface area contributed by atoms with E-state index in [2.05, 4.69) is 4.90 Å². The largest absolute Gasteiger partial charge is 0.493 e. The Bertz CT molecular complexity index is 966.